The molecule has 0 atom stereocenters. The predicted octanol–water partition coefficient (Wildman–Crippen LogP) is 2.88. The highest BCUT2D eigenvalue weighted by molar-refractivity contribution is 5.47. The molecule has 0 aliphatic heterocycles. The van der Waals surface area contributed by atoms with Crippen molar-refractivity contribution in [3.63, 3.8) is 0 Å². The Bertz CT molecular complexity index is 448. The average molecular weight is 262 g/mol. The lowest BCUT2D eigenvalue weighted by atomic mass is 9.76. The molecule has 3 heteroatoms. The first-order valence-corrected chi connectivity index (χ1v) is 7.19. The highest BCUT2D eigenvalue weighted by Crippen LogP contribution is 2.40. The van der Waals surface area contributed by atoms with Crippen molar-refractivity contribution < 1.29 is 5.11 Å². The lowest BCUT2D eigenvalue weighted by Crippen LogP contribution is -2.38. The van der Waals surface area contributed by atoms with Crippen LogP contribution >= 0.6 is 0 Å². The zero-order chi connectivity index (χ0) is 14.0. The number of phenols is 1. The van der Waals surface area contributed by atoms with Crippen LogP contribution in [-0.2, 0) is 12.1 Å². The number of hydrogen-bond acceptors (Lipinski definition) is 3. The predicted molar refractivity (Wildman–Crippen MR) is 79.2 cm³/mol. The standard InChI is InChI=1S/C16H26N2O/c1-12-9-13(11-18(2)3)15(19)14(10-12)16(17)7-5-4-6-8-16/h9-10,19H,4-8,11,17H2,1-3H3. The Morgan fingerprint density at radius 2 is 1.84 bits per heavy atom. The summed E-state index contributed by atoms with van der Waals surface area (Å²) in [5.41, 5.74) is 9.35. The summed E-state index contributed by atoms with van der Waals surface area (Å²) >= 11 is 0. The number of phenolic OH excluding ortho intramolecular Hbond substituents is 1. The first kappa shape index (κ1) is 14.4. The molecule has 1 aliphatic carbocycles. The van der Waals surface area contributed by atoms with E-state index in [0.29, 0.717) is 5.75 Å². The van der Waals surface area contributed by atoms with Gasteiger partial charge in [-0.1, -0.05) is 37.0 Å². The topological polar surface area (TPSA) is 49.5 Å². The molecule has 3 nitrogen and oxygen atoms in total. The molecule has 0 heterocycles. The van der Waals surface area contributed by atoms with Gasteiger partial charge in [-0.05, 0) is 33.9 Å². The van der Waals surface area contributed by atoms with Gasteiger partial charge in [0, 0.05) is 23.2 Å². The Morgan fingerprint density at radius 1 is 1.21 bits per heavy atom. The van der Waals surface area contributed by atoms with E-state index in [-0.39, 0.29) is 5.54 Å². The summed E-state index contributed by atoms with van der Waals surface area (Å²) in [4.78, 5) is 2.07. The van der Waals surface area contributed by atoms with E-state index >= 15 is 0 Å². The van der Waals surface area contributed by atoms with E-state index in [4.69, 9.17) is 5.73 Å². The van der Waals surface area contributed by atoms with E-state index in [1.54, 1.807) is 0 Å². The van der Waals surface area contributed by atoms with Gasteiger partial charge < -0.3 is 15.7 Å². The van der Waals surface area contributed by atoms with Gasteiger partial charge in [0.1, 0.15) is 5.75 Å². The van der Waals surface area contributed by atoms with Crippen molar-refractivity contribution in [2.24, 2.45) is 5.73 Å². The fraction of sp³-hybridized carbons (Fsp3) is 0.625. The molecule has 0 unspecified atom stereocenters. The third-order valence-electron chi connectivity index (χ3n) is 4.10. The van der Waals surface area contributed by atoms with Crippen LogP contribution in [0.15, 0.2) is 12.1 Å². The smallest absolute Gasteiger partial charge is 0.125 e. The Kier molecular flexibility index (Phi) is 4.16. The molecule has 0 aromatic heterocycles. The van der Waals surface area contributed by atoms with Gasteiger partial charge in [-0.3, -0.25) is 0 Å². The van der Waals surface area contributed by atoms with E-state index < -0.39 is 0 Å². The second kappa shape index (κ2) is 5.51. The summed E-state index contributed by atoms with van der Waals surface area (Å²) in [6, 6.07) is 4.13. The molecule has 3 N–H and O–H groups in total. The third kappa shape index (κ3) is 3.10. The third-order valence-corrected chi connectivity index (χ3v) is 4.10. The van der Waals surface area contributed by atoms with Crippen LogP contribution in [0.1, 0.15) is 48.8 Å². The molecule has 1 saturated carbocycles. The van der Waals surface area contributed by atoms with Crippen molar-refractivity contribution in [2.45, 2.75) is 51.1 Å². The molecule has 0 bridgehead atoms. The van der Waals surface area contributed by atoms with Crippen LogP contribution in [0.2, 0.25) is 0 Å². The lowest BCUT2D eigenvalue weighted by Gasteiger charge is -2.35. The van der Waals surface area contributed by atoms with Gasteiger partial charge in [0.2, 0.25) is 0 Å². The Morgan fingerprint density at radius 3 is 2.42 bits per heavy atom. The molecule has 1 fully saturated rings. The van der Waals surface area contributed by atoms with E-state index in [1.807, 2.05) is 14.1 Å². The second-order valence-electron chi connectivity index (χ2n) is 6.27. The van der Waals surface area contributed by atoms with Crippen LogP contribution in [0.5, 0.6) is 5.75 Å². The Labute approximate surface area is 116 Å². The summed E-state index contributed by atoms with van der Waals surface area (Å²) in [5, 5.41) is 10.6. The molecule has 0 spiro atoms. The van der Waals surface area contributed by atoms with Crippen LogP contribution in [-0.4, -0.2) is 24.1 Å². The van der Waals surface area contributed by atoms with Crippen LogP contribution in [0.4, 0.5) is 0 Å². The van der Waals surface area contributed by atoms with Gasteiger partial charge in [0.15, 0.2) is 0 Å². The van der Waals surface area contributed by atoms with Gasteiger partial charge in [0.05, 0.1) is 0 Å². The number of rotatable bonds is 3. The number of nitrogens with zero attached hydrogens (tertiary/aromatic N) is 1. The van der Waals surface area contributed by atoms with E-state index in [9.17, 15) is 5.11 Å². The van der Waals surface area contributed by atoms with E-state index in [1.165, 1.54) is 12.0 Å². The van der Waals surface area contributed by atoms with Gasteiger partial charge in [0.25, 0.3) is 0 Å². The highest BCUT2D eigenvalue weighted by Gasteiger charge is 2.32. The van der Waals surface area contributed by atoms with Crippen LogP contribution in [0.3, 0.4) is 0 Å². The number of benzene rings is 1. The zero-order valence-electron chi connectivity index (χ0n) is 12.4. The molecule has 106 valence electrons. The second-order valence-corrected chi connectivity index (χ2v) is 6.27. The van der Waals surface area contributed by atoms with Crippen molar-refractivity contribution in [3.05, 3.63) is 28.8 Å². The van der Waals surface area contributed by atoms with Crippen molar-refractivity contribution in [3.8, 4) is 5.75 Å². The highest BCUT2D eigenvalue weighted by atomic mass is 16.3. The number of aromatic hydroxyl groups is 1. The maximum atomic E-state index is 10.6. The van der Waals surface area contributed by atoms with Crippen molar-refractivity contribution in [1.29, 1.82) is 0 Å². The summed E-state index contributed by atoms with van der Waals surface area (Å²) in [5.74, 6) is 0.406. The molecular formula is C16H26N2O. The number of nitrogens with two attached hydrogens (primary N) is 1. The SMILES string of the molecule is Cc1cc(CN(C)C)c(O)c(C2(N)CCCCC2)c1. The summed E-state index contributed by atoms with van der Waals surface area (Å²) in [6.07, 6.45) is 5.53. The fourth-order valence-corrected chi connectivity index (χ4v) is 3.15. The first-order valence-electron chi connectivity index (χ1n) is 7.19. The number of aryl methyl sites for hydroxylation is 1. The Hall–Kier alpha value is -1.06. The first-order chi connectivity index (χ1) is 8.92. The van der Waals surface area contributed by atoms with Crippen molar-refractivity contribution in [1.82, 2.24) is 4.90 Å². The zero-order valence-corrected chi connectivity index (χ0v) is 12.4. The number of hydrogen-bond donors (Lipinski definition) is 2. The van der Waals surface area contributed by atoms with Crippen LogP contribution in [0, 0.1) is 6.92 Å². The molecule has 0 radical (unpaired) electrons. The molecule has 1 aliphatic rings. The minimum absolute atomic E-state index is 0.338. The average Bonchev–Trinajstić information content (AvgIpc) is 2.33. The minimum atomic E-state index is -0.338. The summed E-state index contributed by atoms with van der Waals surface area (Å²) in [7, 11) is 4.03. The normalized spacial score (nSPS) is 18.8. The molecule has 2 rings (SSSR count). The van der Waals surface area contributed by atoms with Crippen LogP contribution in [0.25, 0.3) is 0 Å². The van der Waals surface area contributed by atoms with E-state index in [2.05, 4.69) is 24.0 Å². The molecule has 19 heavy (non-hydrogen) atoms. The minimum Gasteiger partial charge on any atom is -0.507 e. The fourth-order valence-electron chi connectivity index (χ4n) is 3.15. The van der Waals surface area contributed by atoms with E-state index in [0.717, 1.165) is 43.4 Å². The van der Waals surface area contributed by atoms with Crippen molar-refractivity contribution in [2.75, 3.05) is 14.1 Å². The van der Waals surface area contributed by atoms with Crippen LogP contribution < -0.4 is 5.73 Å². The lowest BCUT2D eigenvalue weighted by molar-refractivity contribution is 0.289. The quantitative estimate of drug-likeness (QED) is 0.880. The summed E-state index contributed by atoms with van der Waals surface area (Å²) < 4.78 is 0. The summed E-state index contributed by atoms with van der Waals surface area (Å²) in [6.45, 7) is 2.82. The molecular weight excluding hydrogens is 236 g/mol. The molecule has 0 amide bonds. The van der Waals surface area contributed by atoms with Gasteiger partial charge in [-0.25, -0.2) is 0 Å². The monoisotopic (exact) mass is 262 g/mol. The van der Waals surface area contributed by atoms with Gasteiger partial charge in [-0.15, -0.1) is 0 Å². The Balaban J connectivity index is 2.41. The van der Waals surface area contributed by atoms with Gasteiger partial charge >= 0.3 is 0 Å². The molecule has 0 saturated heterocycles. The van der Waals surface area contributed by atoms with Gasteiger partial charge in [-0.2, -0.15) is 0 Å². The van der Waals surface area contributed by atoms with Crippen molar-refractivity contribution >= 4 is 0 Å². The maximum Gasteiger partial charge on any atom is 0.125 e. The maximum absolute atomic E-state index is 10.6. The largest absolute Gasteiger partial charge is 0.507 e. The molecule has 1 aromatic carbocycles. The molecule has 1 aromatic rings.